The van der Waals surface area contributed by atoms with Gasteiger partial charge in [0.05, 0.1) is 12.7 Å². The Balaban J connectivity index is 0.000000845. The quantitative estimate of drug-likeness (QED) is 0.558. The van der Waals surface area contributed by atoms with Crippen molar-refractivity contribution < 1.29 is 4.74 Å². The maximum atomic E-state index is 5.90. The van der Waals surface area contributed by atoms with E-state index in [1.807, 2.05) is 19.1 Å². The average Bonchev–Trinajstić information content (AvgIpc) is 2.83. The number of anilines is 1. The van der Waals surface area contributed by atoms with Crippen molar-refractivity contribution in [2.24, 2.45) is 0 Å². The van der Waals surface area contributed by atoms with E-state index >= 15 is 0 Å². The molecule has 1 saturated heterocycles. The number of nitrogens with two attached hydrogens (primary N) is 1. The van der Waals surface area contributed by atoms with E-state index in [9.17, 15) is 0 Å². The fourth-order valence-corrected chi connectivity index (χ4v) is 1.35. The summed E-state index contributed by atoms with van der Waals surface area (Å²) in [6.45, 7) is 2.93. The number of hydrogen-bond acceptors (Lipinski definition) is 2. The Hall–Kier alpha value is -1.02. The van der Waals surface area contributed by atoms with Crippen LogP contribution in [0.15, 0.2) is 18.2 Å². The lowest BCUT2D eigenvalue weighted by Gasteiger charge is -2.05. The Morgan fingerprint density at radius 3 is 2.85 bits per heavy atom. The van der Waals surface area contributed by atoms with Crippen molar-refractivity contribution in [1.82, 2.24) is 0 Å². The predicted molar refractivity (Wildman–Crippen MR) is 55.8 cm³/mol. The minimum Gasteiger partial charge on any atom is -0.398 e. The Kier molecular flexibility index (Phi) is 2.94. The van der Waals surface area contributed by atoms with E-state index in [-0.39, 0.29) is 7.43 Å². The number of para-hydroxylation sites is 1. The molecule has 0 aliphatic carbocycles. The summed E-state index contributed by atoms with van der Waals surface area (Å²) in [6.07, 6.45) is 1.39. The molecular weight excluding hydrogens is 162 g/mol. The summed E-state index contributed by atoms with van der Waals surface area (Å²) in [5, 5.41) is 0. The van der Waals surface area contributed by atoms with Crippen LogP contribution in [0.3, 0.4) is 0 Å². The van der Waals surface area contributed by atoms with Crippen LogP contribution in [0.4, 0.5) is 5.69 Å². The van der Waals surface area contributed by atoms with E-state index in [0.29, 0.717) is 6.10 Å². The largest absolute Gasteiger partial charge is 0.398 e. The van der Waals surface area contributed by atoms with E-state index in [0.717, 1.165) is 24.3 Å². The summed E-state index contributed by atoms with van der Waals surface area (Å²) in [6, 6.07) is 6.15. The molecule has 1 aliphatic rings. The third-order valence-electron chi connectivity index (χ3n) is 2.26. The molecule has 2 nitrogen and oxygen atoms in total. The Labute approximate surface area is 79.7 Å². The highest BCUT2D eigenvalue weighted by Crippen LogP contribution is 2.22. The normalized spacial score (nSPS) is 19.3. The second-order valence-corrected chi connectivity index (χ2v) is 3.31. The van der Waals surface area contributed by atoms with Crippen LogP contribution in [0, 0.1) is 6.92 Å². The van der Waals surface area contributed by atoms with Gasteiger partial charge in [0.2, 0.25) is 0 Å². The van der Waals surface area contributed by atoms with Crippen LogP contribution in [0.25, 0.3) is 0 Å². The molecule has 1 atom stereocenters. The third kappa shape index (κ3) is 2.22. The molecule has 1 aromatic carbocycles. The number of ether oxygens (including phenoxy) is 1. The molecule has 2 heteroatoms. The van der Waals surface area contributed by atoms with Gasteiger partial charge >= 0.3 is 0 Å². The molecular formula is C11H17NO. The molecule has 0 bridgehead atoms. The van der Waals surface area contributed by atoms with Gasteiger partial charge in [-0.15, -0.1) is 0 Å². The molecule has 2 rings (SSSR count). The highest BCUT2D eigenvalue weighted by Gasteiger charge is 2.23. The highest BCUT2D eigenvalue weighted by molar-refractivity contribution is 5.53. The first-order chi connectivity index (χ1) is 5.77. The highest BCUT2D eigenvalue weighted by atomic mass is 16.6. The maximum absolute atomic E-state index is 5.90. The molecule has 0 spiro atoms. The lowest BCUT2D eigenvalue weighted by Crippen LogP contribution is -2.00. The van der Waals surface area contributed by atoms with Gasteiger partial charge in [0.1, 0.15) is 0 Å². The molecule has 0 amide bonds. The van der Waals surface area contributed by atoms with Crippen LogP contribution in [0.2, 0.25) is 0 Å². The number of aryl methyl sites for hydroxylation is 1. The zero-order valence-electron chi connectivity index (χ0n) is 7.21. The zero-order chi connectivity index (χ0) is 8.55. The van der Waals surface area contributed by atoms with Crippen LogP contribution in [-0.2, 0) is 11.2 Å². The van der Waals surface area contributed by atoms with Crippen molar-refractivity contribution in [2.75, 3.05) is 12.3 Å². The van der Waals surface area contributed by atoms with Gasteiger partial charge in [0, 0.05) is 12.1 Å². The van der Waals surface area contributed by atoms with Gasteiger partial charge in [-0.05, 0) is 18.1 Å². The second kappa shape index (κ2) is 3.79. The van der Waals surface area contributed by atoms with Crippen LogP contribution in [0.1, 0.15) is 18.6 Å². The minimum absolute atomic E-state index is 0. The molecule has 0 saturated carbocycles. The first kappa shape index (κ1) is 10.1. The molecule has 2 N–H and O–H groups in total. The maximum Gasteiger partial charge on any atom is 0.0850 e. The Bertz CT molecular complexity index is 292. The number of benzene rings is 1. The average molecular weight is 179 g/mol. The van der Waals surface area contributed by atoms with E-state index in [1.54, 1.807) is 0 Å². The van der Waals surface area contributed by atoms with Gasteiger partial charge in [-0.3, -0.25) is 0 Å². The molecule has 72 valence electrons. The molecule has 0 radical (unpaired) electrons. The Morgan fingerprint density at radius 1 is 1.54 bits per heavy atom. The number of hydrogen-bond donors (Lipinski definition) is 1. The van der Waals surface area contributed by atoms with Crippen molar-refractivity contribution in [2.45, 2.75) is 26.9 Å². The molecule has 1 aromatic rings. The number of nitrogen functional groups attached to an aromatic ring is 1. The fraction of sp³-hybridized carbons (Fsp3) is 0.455. The van der Waals surface area contributed by atoms with Crippen LogP contribution >= 0.6 is 0 Å². The van der Waals surface area contributed by atoms with Crippen molar-refractivity contribution in [3.05, 3.63) is 29.3 Å². The summed E-state index contributed by atoms with van der Waals surface area (Å²) in [4.78, 5) is 0. The molecule has 13 heavy (non-hydrogen) atoms. The lowest BCUT2D eigenvalue weighted by molar-refractivity contribution is 0.408. The topological polar surface area (TPSA) is 38.5 Å². The smallest absolute Gasteiger partial charge is 0.0850 e. The number of epoxide rings is 1. The van der Waals surface area contributed by atoms with Gasteiger partial charge in [-0.25, -0.2) is 0 Å². The predicted octanol–water partition coefficient (Wildman–Crippen LogP) is 2.15. The van der Waals surface area contributed by atoms with E-state index < -0.39 is 0 Å². The van der Waals surface area contributed by atoms with Crippen molar-refractivity contribution in [3.8, 4) is 0 Å². The molecule has 1 unspecified atom stereocenters. The summed E-state index contributed by atoms with van der Waals surface area (Å²) >= 11 is 0. The van der Waals surface area contributed by atoms with Crippen molar-refractivity contribution in [1.29, 1.82) is 0 Å². The minimum atomic E-state index is 0. The van der Waals surface area contributed by atoms with Crippen LogP contribution in [-0.4, -0.2) is 12.7 Å². The summed E-state index contributed by atoms with van der Waals surface area (Å²) in [7, 11) is 0. The summed E-state index contributed by atoms with van der Waals surface area (Å²) in [5.74, 6) is 0. The first-order valence-corrected chi connectivity index (χ1v) is 4.23. The standard InChI is InChI=1S/C10H13NO.CH4/c1-7-3-2-4-8(10(7)11)5-9-6-12-9;/h2-4,9H,5-6,11H2,1H3;1H4. The fourth-order valence-electron chi connectivity index (χ4n) is 1.35. The van der Waals surface area contributed by atoms with Crippen molar-refractivity contribution >= 4 is 5.69 Å². The van der Waals surface area contributed by atoms with Crippen LogP contribution in [0.5, 0.6) is 0 Å². The van der Waals surface area contributed by atoms with Gasteiger partial charge < -0.3 is 10.5 Å². The zero-order valence-corrected chi connectivity index (χ0v) is 7.21. The van der Waals surface area contributed by atoms with Crippen molar-refractivity contribution in [3.63, 3.8) is 0 Å². The molecule has 0 aromatic heterocycles. The third-order valence-corrected chi connectivity index (χ3v) is 2.26. The van der Waals surface area contributed by atoms with E-state index in [2.05, 4.69) is 6.07 Å². The lowest BCUT2D eigenvalue weighted by atomic mass is 10.0. The van der Waals surface area contributed by atoms with E-state index in [1.165, 1.54) is 5.56 Å². The van der Waals surface area contributed by atoms with Crippen LogP contribution < -0.4 is 5.73 Å². The number of rotatable bonds is 2. The second-order valence-electron chi connectivity index (χ2n) is 3.31. The first-order valence-electron chi connectivity index (χ1n) is 4.23. The molecule has 1 aliphatic heterocycles. The Morgan fingerprint density at radius 2 is 2.23 bits per heavy atom. The van der Waals surface area contributed by atoms with E-state index in [4.69, 9.17) is 10.5 Å². The molecule has 1 heterocycles. The summed E-state index contributed by atoms with van der Waals surface area (Å²) < 4.78 is 5.15. The monoisotopic (exact) mass is 179 g/mol. The van der Waals surface area contributed by atoms with Gasteiger partial charge in [-0.2, -0.15) is 0 Å². The van der Waals surface area contributed by atoms with Gasteiger partial charge in [0.15, 0.2) is 0 Å². The summed E-state index contributed by atoms with van der Waals surface area (Å²) in [5.41, 5.74) is 9.21. The SMILES string of the molecule is C.Cc1cccc(CC2CO2)c1N. The van der Waals surface area contributed by atoms with Gasteiger partial charge in [-0.1, -0.05) is 25.6 Å². The van der Waals surface area contributed by atoms with Gasteiger partial charge in [0.25, 0.3) is 0 Å². The molecule has 1 fully saturated rings.